The Morgan fingerprint density at radius 3 is 2.69 bits per heavy atom. The van der Waals surface area contributed by atoms with Gasteiger partial charge in [0.1, 0.15) is 0 Å². The minimum atomic E-state index is 0.0147. The first-order valence-corrected chi connectivity index (χ1v) is 5.58. The Kier molecular flexibility index (Phi) is 2.06. The molecule has 1 N–H and O–H groups in total. The van der Waals surface area contributed by atoms with Crippen molar-refractivity contribution in [3.8, 4) is 0 Å². The summed E-state index contributed by atoms with van der Waals surface area (Å²) in [5.74, 6) is 0. The minimum Gasteiger partial charge on any atom is -0.377 e. The van der Waals surface area contributed by atoms with Crippen molar-refractivity contribution in [1.82, 2.24) is 9.88 Å². The summed E-state index contributed by atoms with van der Waals surface area (Å²) in [7, 11) is 4.10. The summed E-state index contributed by atoms with van der Waals surface area (Å²) in [4.78, 5) is 0. The molecule has 1 aromatic heterocycles. The number of likely N-dealkylation sites (N-methyl/N-ethyl adjacent to an activating group) is 1. The SMILES string of the molecule is CNC1(c2cn(C)c3ccccc23)COC1. The molecule has 1 aliphatic rings. The Morgan fingerprint density at radius 2 is 2.06 bits per heavy atom. The molecule has 1 aliphatic heterocycles. The molecule has 0 unspecified atom stereocenters. The quantitative estimate of drug-likeness (QED) is 0.825. The van der Waals surface area contributed by atoms with Gasteiger partial charge in [-0.1, -0.05) is 18.2 Å². The largest absolute Gasteiger partial charge is 0.377 e. The molecule has 2 aromatic rings. The number of rotatable bonds is 2. The molecule has 0 amide bonds. The maximum atomic E-state index is 5.37. The van der Waals surface area contributed by atoms with Crippen LogP contribution in [0.15, 0.2) is 30.5 Å². The highest BCUT2D eigenvalue weighted by molar-refractivity contribution is 5.85. The Morgan fingerprint density at radius 1 is 1.31 bits per heavy atom. The molecule has 0 spiro atoms. The van der Waals surface area contributed by atoms with Crippen molar-refractivity contribution in [1.29, 1.82) is 0 Å². The number of ether oxygens (including phenoxy) is 1. The minimum absolute atomic E-state index is 0.0147. The molecule has 16 heavy (non-hydrogen) atoms. The van der Waals surface area contributed by atoms with Gasteiger partial charge in [-0.05, 0) is 13.1 Å². The average molecular weight is 216 g/mol. The molecule has 1 saturated heterocycles. The van der Waals surface area contributed by atoms with Gasteiger partial charge in [0.2, 0.25) is 0 Å². The van der Waals surface area contributed by atoms with Crippen LogP contribution in [-0.4, -0.2) is 24.8 Å². The number of aromatic nitrogens is 1. The van der Waals surface area contributed by atoms with Crippen LogP contribution in [0.1, 0.15) is 5.56 Å². The van der Waals surface area contributed by atoms with Crippen LogP contribution in [0.5, 0.6) is 0 Å². The van der Waals surface area contributed by atoms with Crippen LogP contribution >= 0.6 is 0 Å². The second-order valence-corrected chi connectivity index (χ2v) is 4.50. The van der Waals surface area contributed by atoms with Gasteiger partial charge in [-0.3, -0.25) is 0 Å². The van der Waals surface area contributed by atoms with E-state index in [0.29, 0.717) is 0 Å². The monoisotopic (exact) mass is 216 g/mol. The van der Waals surface area contributed by atoms with Gasteiger partial charge in [0.25, 0.3) is 0 Å². The number of hydrogen-bond donors (Lipinski definition) is 1. The smallest absolute Gasteiger partial charge is 0.0927 e. The number of hydrogen-bond acceptors (Lipinski definition) is 2. The van der Waals surface area contributed by atoms with E-state index in [4.69, 9.17) is 4.74 Å². The molecule has 0 radical (unpaired) electrons. The van der Waals surface area contributed by atoms with Crippen LogP contribution in [0, 0.1) is 0 Å². The van der Waals surface area contributed by atoms with Gasteiger partial charge >= 0.3 is 0 Å². The fraction of sp³-hybridized carbons (Fsp3) is 0.385. The van der Waals surface area contributed by atoms with Gasteiger partial charge in [-0.15, -0.1) is 0 Å². The van der Waals surface area contributed by atoms with Crippen LogP contribution in [0.25, 0.3) is 10.9 Å². The fourth-order valence-corrected chi connectivity index (χ4v) is 2.46. The zero-order valence-corrected chi connectivity index (χ0v) is 9.66. The lowest BCUT2D eigenvalue weighted by atomic mass is 9.88. The third-order valence-corrected chi connectivity index (χ3v) is 3.59. The second kappa shape index (κ2) is 3.34. The lowest BCUT2D eigenvalue weighted by Crippen LogP contribution is -2.56. The first-order valence-electron chi connectivity index (χ1n) is 5.58. The van der Waals surface area contributed by atoms with E-state index in [9.17, 15) is 0 Å². The summed E-state index contributed by atoms with van der Waals surface area (Å²) < 4.78 is 7.55. The van der Waals surface area contributed by atoms with Gasteiger partial charge in [0, 0.05) is 29.7 Å². The van der Waals surface area contributed by atoms with E-state index in [1.807, 2.05) is 7.05 Å². The third-order valence-electron chi connectivity index (χ3n) is 3.59. The van der Waals surface area contributed by atoms with Crippen LogP contribution in [0.4, 0.5) is 0 Å². The lowest BCUT2D eigenvalue weighted by Gasteiger charge is -2.41. The highest BCUT2D eigenvalue weighted by Crippen LogP contribution is 2.35. The molecule has 3 nitrogen and oxygen atoms in total. The van der Waals surface area contributed by atoms with Gasteiger partial charge in [0.05, 0.1) is 18.8 Å². The van der Waals surface area contributed by atoms with Gasteiger partial charge in [-0.25, -0.2) is 0 Å². The van der Waals surface area contributed by atoms with Gasteiger partial charge < -0.3 is 14.6 Å². The first-order chi connectivity index (χ1) is 7.77. The molecule has 0 atom stereocenters. The van der Waals surface area contributed by atoms with Crippen molar-refractivity contribution in [3.05, 3.63) is 36.0 Å². The zero-order valence-electron chi connectivity index (χ0n) is 9.66. The molecule has 3 rings (SSSR count). The molecule has 0 saturated carbocycles. The molecule has 84 valence electrons. The van der Waals surface area contributed by atoms with Crippen LogP contribution < -0.4 is 5.32 Å². The third kappa shape index (κ3) is 1.16. The van der Waals surface area contributed by atoms with E-state index in [2.05, 4.69) is 47.4 Å². The maximum absolute atomic E-state index is 5.37. The Balaban J connectivity index is 2.24. The second-order valence-electron chi connectivity index (χ2n) is 4.50. The highest BCUT2D eigenvalue weighted by Gasteiger charge is 2.40. The van der Waals surface area contributed by atoms with Gasteiger partial charge in [0.15, 0.2) is 0 Å². The Labute approximate surface area is 95.0 Å². The molecular weight excluding hydrogens is 200 g/mol. The Bertz CT molecular complexity index is 520. The van der Waals surface area contributed by atoms with Crippen LogP contribution in [0.3, 0.4) is 0 Å². The number of fused-ring (bicyclic) bond motifs is 1. The molecular formula is C13H16N2O. The normalized spacial score (nSPS) is 18.6. The van der Waals surface area contributed by atoms with Crippen LogP contribution in [-0.2, 0) is 17.3 Å². The molecule has 0 aliphatic carbocycles. The summed E-state index contributed by atoms with van der Waals surface area (Å²) in [6, 6.07) is 8.51. The number of nitrogens with zero attached hydrogens (tertiary/aromatic N) is 1. The zero-order chi connectivity index (χ0) is 11.2. The lowest BCUT2D eigenvalue weighted by molar-refractivity contribution is -0.0740. The van der Waals surface area contributed by atoms with E-state index in [1.54, 1.807) is 0 Å². The van der Waals surface area contributed by atoms with E-state index >= 15 is 0 Å². The van der Waals surface area contributed by atoms with Crippen molar-refractivity contribution in [3.63, 3.8) is 0 Å². The maximum Gasteiger partial charge on any atom is 0.0927 e. The number of nitrogens with one attached hydrogen (secondary N) is 1. The summed E-state index contributed by atoms with van der Waals surface area (Å²) in [6.07, 6.45) is 2.21. The van der Waals surface area contributed by atoms with E-state index in [-0.39, 0.29) is 5.54 Å². The summed E-state index contributed by atoms with van der Waals surface area (Å²) in [6.45, 7) is 1.52. The van der Waals surface area contributed by atoms with Crippen molar-refractivity contribution in [2.45, 2.75) is 5.54 Å². The number of aryl methyl sites for hydroxylation is 1. The average Bonchev–Trinajstić information content (AvgIpc) is 2.58. The Hall–Kier alpha value is -1.32. The van der Waals surface area contributed by atoms with E-state index in [0.717, 1.165) is 13.2 Å². The van der Waals surface area contributed by atoms with Crippen molar-refractivity contribution < 1.29 is 4.74 Å². The molecule has 3 heteroatoms. The van der Waals surface area contributed by atoms with Crippen molar-refractivity contribution >= 4 is 10.9 Å². The predicted molar refractivity (Wildman–Crippen MR) is 64.5 cm³/mol. The highest BCUT2D eigenvalue weighted by atomic mass is 16.5. The van der Waals surface area contributed by atoms with Crippen molar-refractivity contribution in [2.24, 2.45) is 7.05 Å². The predicted octanol–water partition coefficient (Wildman–Crippen LogP) is 1.62. The van der Waals surface area contributed by atoms with E-state index < -0.39 is 0 Å². The topological polar surface area (TPSA) is 26.2 Å². The molecule has 1 fully saturated rings. The van der Waals surface area contributed by atoms with Gasteiger partial charge in [-0.2, -0.15) is 0 Å². The summed E-state index contributed by atoms with van der Waals surface area (Å²) in [5, 5.41) is 4.72. The molecule has 1 aromatic carbocycles. The first kappa shape index (κ1) is 9.87. The summed E-state index contributed by atoms with van der Waals surface area (Å²) in [5.41, 5.74) is 2.64. The van der Waals surface area contributed by atoms with Crippen LogP contribution in [0.2, 0.25) is 0 Å². The van der Waals surface area contributed by atoms with Crippen molar-refractivity contribution in [2.75, 3.05) is 20.3 Å². The number of benzene rings is 1. The van der Waals surface area contributed by atoms with E-state index in [1.165, 1.54) is 16.5 Å². The molecule has 0 bridgehead atoms. The number of para-hydroxylation sites is 1. The molecule has 2 heterocycles. The standard InChI is InChI=1S/C13H16N2O/c1-14-13(8-16-9-13)11-7-15(2)12-6-4-3-5-10(11)12/h3-7,14H,8-9H2,1-2H3. The summed E-state index contributed by atoms with van der Waals surface area (Å²) >= 11 is 0. The fourth-order valence-electron chi connectivity index (χ4n) is 2.46.